The van der Waals surface area contributed by atoms with Crippen LogP contribution < -0.4 is 4.74 Å². The molecule has 112 valence electrons. The van der Waals surface area contributed by atoms with E-state index in [2.05, 4.69) is 4.90 Å². The summed E-state index contributed by atoms with van der Waals surface area (Å²) in [6.07, 6.45) is 5.15. The highest BCUT2D eigenvalue weighted by Crippen LogP contribution is 2.29. The third-order valence-corrected chi connectivity index (χ3v) is 4.02. The largest absolute Gasteiger partial charge is 0.494 e. The molecular weight excluding hydrogens is 257 g/mol. The second-order valence-corrected chi connectivity index (χ2v) is 5.93. The third-order valence-electron chi connectivity index (χ3n) is 4.02. The topological polar surface area (TPSA) is 32.7 Å². The Hall–Kier alpha value is -1.13. The summed E-state index contributed by atoms with van der Waals surface area (Å²) in [6.45, 7) is 1.27. The molecule has 20 heavy (non-hydrogen) atoms. The molecule has 1 aliphatic carbocycles. The number of methoxy groups -OCH3 is 1. The Morgan fingerprint density at radius 2 is 2.00 bits per heavy atom. The zero-order valence-electron chi connectivity index (χ0n) is 12.4. The van der Waals surface area contributed by atoms with Crippen molar-refractivity contribution in [2.75, 3.05) is 20.7 Å². The van der Waals surface area contributed by atoms with Crippen LogP contribution in [0.4, 0.5) is 4.39 Å². The lowest BCUT2D eigenvalue weighted by atomic mass is 9.84. The van der Waals surface area contributed by atoms with Gasteiger partial charge in [-0.1, -0.05) is 25.3 Å². The Labute approximate surface area is 120 Å². The van der Waals surface area contributed by atoms with Crippen molar-refractivity contribution in [1.82, 2.24) is 4.90 Å². The van der Waals surface area contributed by atoms with E-state index in [0.29, 0.717) is 13.1 Å². The van der Waals surface area contributed by atoms with Gasteiger partial charge < -0.3 is 9.84 Å². The zero-order valence-corrected chi connectivity index (χ0v) is 12.4. The van der Waals surface area contributed by atoms with Crippen LogP contribution in [-0.2, 0) is 6.54 Å². The lowest BCUT2D eigenvalue weighted by Gasteiger charge is -2.35. The molecule has 0 spiro atoms. The number of ether oxygens (including phenoxy) is 1. The summed E-state index contributed by atoms with van der Waals surface area (Å²) in [4.78, 5) is 2.06. The Kier molecular flexibility index (Phi) is 5.00. The van der Waals surface area contributed by atoms with Crippen LogP contribution >= 0.6 is 0 Å². The summed E-state index contributed by atoms with van der Waals surface area (Å²) in [6, 6.07) is 5.01. The van der Waals surface area contributed by atoms with Gasteiger partial charge in [-0.05, 0) is 37.6 Å². The van der Waals surface area contributed by atoms with E-state index in [0.717, 1.165) is 31.2 Å². The SMILES string of the molecule is COc1ccc(CN(C)CC2(O)CCCCC2)cc1F. The number of rotatable bonds is 5. The third kappa shape index (κ3) is 3.93. The van der Waals surface area contributed by atoms with Crippen molar-refractivity contribution in [1.29, 1.82) is 0 Å². The molecule has 1 aromatic rings. The molecule has 3 nitrogen and oxygen atoms in total. The number of benzene rings is 1. The van der Waals surface area contributed by atoms with Crippen LogP contribution in [0.2, 0.25) is 0 Å². The number of hydrogen-bond acceptors (Lipinski definition) is 3. The molecule has 0 heterocycles. The van der Waals surface area contributed by atoms with E-state index in [1.165, 1.54) is 19.6 Å². The van der Waals surface area contributed by atoms with Crippen molar-refractivity contribution >= 4 is 0 Å². The van der Waals surface area contributed by atoms with Gasteiger partial charge in [0.1, 0.15) is 0 Å². The first-order valence-corrected chi connectivity index (χ1v) is 7.26. The molecule has 0 radical (unpaired) electrons. The van der Waals surface area contributed by atoms with E-state index in [-0.39, 0.29) is 11.6 Å². The zero-order chi connectivity index (χ0) is 14.6. The normalized spacial score (nSPS) is 18.2. The number of aliphatic hydroxyl groups is 1. The molecule has 0 unspecified atom stereocenters. The van der Waals surface area contributed by atoms with E-state index < -0.39 is 5.60 Å². The standard InChI is InChI=1S/C16H24FNO2/c1-18(12-16(19)8-4-3-5-9-16)11-13-6-7-15(20-2)14(17)10-13/h6-7,10,19H,3-5,8-9,11-12H2,1-2H3. The van der Waals surface area contributed by atoms with Crippen LogP contribution in [0, 0.1) is 5.82 Å². The van der Waals surface area contributed by atoms with Crippen molar-refractivity contribution in [3.8, 4) is 5.75 Å². The predicted octanol–water partition coefficient (Wildman–Crippen LogP) is 2.96. The molecule has 0 atom stereocenters. The summed E-state index contributed by atoms with van der Waals surface area (Å²) < 4.78 is 18.6. The molecule has 1 aromatic carbocycles. The van der Waals surface area contributed by atoms with Crippen molar-refractivity contribution in [2.45, 2.75) is 44.2 Å². The van der Waals surface area contributed by atoms with Crippen molar-refractivity contribution in [3.05, 3.63) is 29.6 Å². The van der Waals surface area contributed by atoms with Crippen molar-refractivity contribution in [2.24, 2.45) is 0 Å². The first-order chi connectivity index (χ1) is 9.52. The maximum Gasteiger partial charge on any atom is 0.165 e. The lowest BCUT2D eigenvalue weighted by Crippen LogP contribution is -2.42. The van der Waals surface area contributed by atoms with Crippen LogP contribution in [0.3, 0.4) is 0 Å². The average Bonchev–Trinajstić information content (AvgIpc) is 2.39. The van der Waals surface area contributed by atoms with E-state index in [1.54, 1.807) is 6.07 Å². The average molecular weight is 281 g/mol. The monoisotopic (exact) mass is 281 g/mol. The summed E-state index contributed by atoms with van der Waals surface area (Å²) in [7, 11) is 3.43. The second kappa shape index (κ2) is 6.55. The van der Waals surface area contributed by atoms with Gasteiger partial charge in [-0.15, -0.1) is 0 Å². The molecule has 2 rings (SSSR count). The molecule has 1 aliphatic rings. The number of halogens is 1. The van der Waals surface area contributed by atoms with E-state index in [1.807, 2.05) is 13.1 Å². The van der Waals surface area contributed by atoms with Gasteiger partial charge in [-0.2, -0.15) is 0 Å². The minimum absolute atomic E-state index is 0.266. The maximum atomic E-state index is 13.6. The Balaban J connectivity index is 1.93. The van der Waals surface area contributed by atoms with Crippen LogP contribution in [0.5, 0.6) is 5.75 Å². The fourth-order valence-corrected chi connectivity index (χ4v) is 3.05. The molecule has 1 saturated carbocycles. The minimum atomic E-state index is -0.571. The molecule has 4 heteroatoms. The van der Waals surface area contributed by atoms with Crippen molar-refractivity contribution < 1.29 is 14.2 Å². The molecular formula is C16H24FNO2. The first-order valence-electron chi connectivity index (χ1n) is 7.26. The number of nitrogens with zero attached hydrogens (tertiary/aromatic N) is 1. The van der Waals surface area contributed by atoms with E-state index >= 15 is 0 Å². The molecule has 1 N–H and O–H groups in total. The minimum Gasteiger partial charge on any atom is -0.494 e. The quantitative estimate of drug-likeness (QED) is 0.900. The summed E-state index contributed by atoms with van der Waals surface area (Å²) in [5.41, 5.74) is 0.322. The van der Waals surface area contributed by atoms with Crippen LogP contribution in [0.25, 0.3) is 0 Å². The van der Waals surface area contributed by atoms with Gasteiger partial charge in [-0.25, -0.2) is 4.39 Å². The number of likely N-dealkylation sites (N-methyl/N-ethyl adjacent to an activating group) is 1. The van der Waals surface area contributed by atoms with E-state index in [9.17, 15) is 9.50 Å². The van der Waals surface area contributed by atoms with Gasteiger partial charge in [0.15, 0.2) is 11.6 Å². The molecule has 0 bridgehead atoms. The van der Waals surface area contributed by atoms with Crippen LogP contribution in [-0.4, -0.2) is 36.3 Å². The van der Waals surface area contributed by atoms with Gasteiger partial charge in [0.05, 0.1) is 12.7 Å². The first kappa shape index (κ1) is 15.3. The molecule has 1 fully saturated rings. The lowest BCUT2D eigenvalue weighted by molar-refractivity contribution is -0.0223. The fraction of sp³-hybridized carbons (Fsp3) is 0.625. The predicted molar refractivity (Wildman–Crippen MR) is 77.3 cm³/mol. The Bertz CT molecular complexity index is 444. The Morgan fingerprint density at radius 1 is 1.30 bits per heavy atom. The van der Waals surface area contributed by atoms with Gasteiger partial charge in [0, 0.05) is 13.1 Å². The summed E-state index contributed by atoms with van der Waals surface area (Å²) in [5.74, 6) is -0.0721. The van der Waals surface area contributed by atoms with Crippen molar-refractivity contribution in [3.63, 3.8) is 0 Å². The number of hydrogen-bond donors (Lipinski definition) is 1. The highest BCUT2D eigenvalue weighted by atomic mass is 19.1. The fourth-order valence-electron chi connectivity index (χ4n) is 3.05. The molecule has 0 saturated heterocycles. The highest BCUT2D eigenvalue weighted by molar-refractivity contribution is 5.29. The highest BCUT2D eigenvalue weighted by Gasteiger charge is 2.30. The smallest absolute Gasteiger partial charge is 0.165 e. The van der Waals surface area contributed by atoms with Crippen LogP contribution in [0.15, 0.2) is 18.2 Å². The summed E-state index contributed by atoms with van der Waals surface area (Å²) in [5, 5.41) is 10.5. The maximum absolute atomic E-state index is 13.6. The second-order valence-electron chi connectivity index (χ2n) is 5.93. The molecule has 0 aromatic heterocycles. The van der Waals surface area contributed by atoms with Gasteiger partial charge in [0.2, 0.25) is 0 Å². The van der Waals surface area contributed by atoms with Gasteiger partial charge in [-0.3, -0.25) is 4.90 Å². The molecule has 0 amide bonds. The van der Waals surface area contributed by atoms with Gasteiger partial charge >= 0.3 is 0 Å². The Morgan fingerprint density at radius 3 is 2.60 bits per heavy atom. The summed E-state index contributed by atoms with van der Waals surface area (Å²) >= 11 is 0. The van der Waals surface area contributed by atoms with Crippen LogP contribution in [0.1, 0.15) is 37.7 Å². The van der Waals surface area contributed by atoms with E-state index in [4.69, 9.17) is 4.74 Å². The molecule has 0 aliphatic heterocycles. The van der Waals surface area contributed by atoms with Gasteiger partial charge in [0.25, 0.3) is 0 Å².